The third-order valence-corrected chi connectivity index (χ3v) is 5.81. The molecule has 212 valence electrons. The number of tetrazole rings is 4. The Balaban J connectivity index is 1.30. The maximum atomic E-state index is 6.09. The third-order valence-electron chi connectivity index (χ3n) is 5.81. The predicted molar refractivity (Wildman–Crippen MR) is 126 cm³/mol. The van der Waals surface area contributed by atoms with Crippen LogP contribution in [0.15, 0.2) is 0 Å². The van der Waals surface area contributed by atoms with Crippen molar-refractivity contribution in [2.45, 2.75) is 38.5 Å². The molecule has 4 aromatic heterocycles. The van der Waals surface area contributed by atoms with Crippen LogP contribution < -0.4 is 0 Å². The van der Waals surface area contributed by atoms with Crippen LogP contribution in [0.25, 0.3) is 0 Å². The molecule has 4 N–H and O–H groups in total. The van der Waals surface area contributed by atoms with Crippen molar-refractivity contribution >= 4 is 0 Å². The Morgan fingerprint density at radius 2 is 0.769 bits per heavy atom. The van der Waals surface area contributed by atoms with E-state index in [-0.39, 0.29) is 5.41 Å². The second-order valence-corrected chi connectivity index (χ2v) is 8.64. The van der Waals surface area contributed by atoms with Crippen molar-refractivity contribution in [2.24, 2.45) is 5.41 Å². The van der Waals surface area contributed by atoms with E-state index in [4.69, 9.17) is 18.9 Å². The molecule has 4 heterocycles. The monoisotopic (exact) mass is 548 g/mol. The van der Waals surface area contributed by atoms with Crippen LogP contribution in [0, 0.1) is 5.41 Å². The minimum absolute atomic E-state index is 0.382. The van der Waals surface area contributed by atoms with E-state index >= 15 is 0 Å². The molecule has 0 saturated heterocycles. The van der Waals surface area contributed by atoms with Crippen LogP contribution in [-0.4, -0.2) is 135 Å². The molecule has 20 heteroatoms. The van der Waals surface area contributed by atoms with Crippen LogP contribution in [0.1, 0.15) is 36.1 Å². The average molecular weight is 549 g/mol. The molecule has 39 heavy (non-hydrogen) atoms. The molecule has 0 amide bonds. The third kappa shape index (κ3) is 10.4. The highest BCUT2D eigenvalue weighted by Crippen LogP contribution is 2.29. The van der Waals surface area contributed by atoms with Gasteiger partial charge in [-0.05, 0) is 12.8 Å². The summed E-state index contributed by atoms with van der Waals surface area (Å²) in [5.41, 5.74) is -0.382. The Labute approximate surface area is 222 Å². The Morgan fingerprint density at radius 1 is 0.436 bits per heavy atom. The Morgan fingerprint density at radius 3 is 1.08 bits per heavy atom. The van der Waals surface area contributed by atoms with Gasteiger partial charge in [0.15, 0.2) is 23.3 Å². The van der Waals surface area contributed by atoms with E-state index in [1.165, 1.54) is 0 Å². The number of nitrogens with zero attached hydrogens (tertiary/aromatic N) is 12. The first kappa shape index (κ1) is 28.1. The van der Waals surface area contributed by atoms with E-state index in [1.807, 2.05) is 0 Å². The van der Waals surface area contributed by atoms with Crippen LogP contribution in [-0.2, 0) is 44.6 Å². The van der Waals surface area contributed by atoms with Gasteiger partial charge in [0.05, 0.1) is 39.6 Å². The molecular formula is C19H32N16O4. The Hall–Kier alpha value is -3.88. The zero-order valence-corrected chi connectivity index (χ0v) is 21.4. The van der Waals surface area contributed by atoms with Gasteiger partial charge in [-0.2, -0.15) is 20.9 Å². The summed E-state index contributed by atoms with van der Waals surface area (Å²) in [6.45, 7) is 3.63. The second kappa shape index (κ2) is 16.2. The fourth-order valence-corrected chi connectivity index (χ4v) is 3.62. The van der Waals surface area contributed by atoms with Crippen molar-refractivity contribution in [1.29, 1.82) is 0 Å². The second-order valence-electron chi connectivity index (χ2n) is 8.64. The smallest absolute Gasteiger partial charge is 0.176 e. The van der Waals surface area contributed by atoms with Crippen molar-refractivity contribution in [2.75, 3.05) is 52.9 Å². The first-order chi connectivity index (χ1) is 19.3. The summed E-state index contributed by atoms with van der Waals surface area (Å²) >= 11 is 0. The maximum absolute atomic E-state index is 6.09. The minimum Gasteiger partial charge on any atom is -0.381 e. The number of H-pyrrole nitrogens is 4. The average Bonchev–Trinajstić information content (AvgIpc) is 3.77. The molecule has 0 fully saturated rings. The quantitative estimate of drug-likeness (QED) is 0.0762. The SMILES string of the molecule is C(Cc1nn[nH]n1)OCCC(CCOCCc1nn[nH]n1)(COCCc1nn[nH]n1)COCCc1nn[nH]n1. The zero-order chi connectivity index (χ0) is 26.9. The first-order valence-corrected chi connectivity index (χ1v) is 12.5. The van der Waals surface area contributed by atoms with Gasteiger partial charge < -0.3 is 18.9 Å². The number of hydrogen-bond donors (Lipinski definition) is 4. The van der Waals surface area contributed by atoms with Crippen LogP contribution in [0.3, 0.4) is 0 Å². The molecule has 0 aliphatic heterocycles. The van der Waals surface area contributed by atoms with Crippen LogP contribution in [0.2, 0.25) is 0 Å². The van der Waals surface area contributed by atoms with Crippen LogP contribution in [0.5, 0.6) is 0 Å². The lowest BCUT2D eigenvalue weighted by atomic mass is 9.83. The van der Waals surface area contributed by atoms with Gasteiger partial charge >= 0.3 is 0 Å². The van der Waals surface area contributed by atoms with Gasteiger partial charge in [0.2, 0.25) is 0 Å². The number of ether oxygens (including phenoxy) is 4. The van der Waals surface area contributed by atoms with Gasteiger partial charge in [0.1, 0.15) is 0 Å². The van der Waals surface area contributed by atoms with Crippen LogP contribution >= 0.6 is 0 Å². The molecule has 0 atom stereocenters. The molecule has 0 aromatic carbocycles. The largest absolute Gasteiger partial charge is 0.381 e. The molecule has 4 rings (SSSR count). The molecule has 4 aromatic rings. The van der Waals surface area contributed by atoms with Gasteiger partial charge in [0.25, 0.3) is 0 Å². The Kier molecular flexibility index (Phi) is 11.7. The number of rotatable bonds is 22. The van der Waals surface area contributed by atoms with Crippen molar-refractivity contribution < 1.29 is 18.9 Å². The van der Waals surface area contributed by atoms with Gasteiger partial charge in [-0.15, -0.1) is 40.8 Å². The van der Waals surface area contributed by atoms with Crippen molar-refractivity contribution in [3.8, 4) is 0 Å². The number of aromatic nitrogens is 16. The number of hydrogen-bond acceptors (Lipinski definition) is 16. The first-order valence-electron chi connectivity index (χ1n) is 12.5. The van der Waals surface area contributed by atoms with Crippen molar-refractivity contribution in [3.05, 3.63) is 23.3 Å². The van der Waals surface area contributed by atoms with Gasteiger partial charge in [-0.3, -0.25) is 0 Å². The van der Waals surface area contributed by atoms with E-state index in [1.54, 1.807) is 0 Å². The molecule has 0 aliphatic rings. The molecule has 0 bridgehead atoms. The maximum Gasteiger partial charge on any atom is 0.176 e. The highest BCUT2D eigenvalue weighted by molar-refractivity contribution is 4.83. The summed E-state index contributed by atoms with van der Waals surface area (Å²) in [7, 11) is 0. The summed E-state index contributed by atoms with van der Waals surface area (Å²) in [5.74, 6) is 2.38. The van der Waals surface area contributed by atoms with Gasteiger partial charge in [0, 0.05) is 44.3 Å². The lowest BCUT2D eigenvalue weighted by Crippen LogP contribution is -2.36. The minimum atomic E-state index is -0.382. The lowest BCUT2D eigenvalue weighted by Gasteiger charge is -2.33. The molecule has 0 spiro atoms. The predicted octanol–water partition coefficient (Wildman–Crippen LogP) is -2.16. The van der Waals surface area contributed by atoms with Crippen LogP contribution in [0.4, 0.5) is 0 Å². The fraction of sp³-hybridized carbons (Fsp3) is 0.789. The highest BCUT2D eigenvalue weighted by atomic mass is 16.5. The molecule has 0 unspecified atom stereocenters. The van der Waals surface area contributed by atoms with E-state index in [2.05, 4.69) is 82.5 Å². The summed E-state index contributed by atoms with van der Waals surface area (Å²) in [6, 6.07) is 0. The summed E-state index contributed by atoms with van der Waals surface area (Å²) in [6.07, 6.45) is 3.55. The standard InChI is InChI=1S/C19H32N16O4/c1(15-20-28-29-21-15)7-36-11-5-19(13-38-9-3-17-24-32-33-25-17,14-39-10-4-18-26-34-35-27-18)6-12-37-8-2-16-22-30-31-23-16/h1-14H2,(H,20,21,28,29)(H,22,23,30,31)(H,24,25,32,33)(H,26,27,34,35). The lowest BCUT2D eigenvalue weighted by molar-refractivity contribution is -0.0561. The summed E-state index contributed by atoms with van der Waals surface area (Å²) in [4.78, 5) is 0. The van der Waals surface area contributed by atoms with E-state index in [0.717, 1.165) is 0 Å². The van der Waals surface area contributed by atoms with Crippen molar-refractivity contribution in [3.63, 3.8) is 0 Å². The topological polar surface area (TPSA) is 255 Å². The molecule has 20 nitrogen and oxygen atoms in total. The molecule has 0 radical (unpaired) electrons. The highest BCUT2D eigenvalue weighted by Gasteiger charge is 2.31. The van der Waals surface area contributed by atoms with E-state index in [0.29, 0.717) is 115 Å². The van der Waals surface area contributed by atoms with Gasteiger partial charge in [-0.25, -0.2) is 0 Å². The molecule has 0 saturated carbocycles. The van der Waals surface area contributed by atoms with E-state index in [9.17, 15) is 0 Å². The van der Waals surface area contributed by atoms with Gasteiger partial charge in [-0.1, -0.05) is 20.9 Å². The number of aromatic amines is 4. The fourth-order valence-electron chi connectivity index (χ4n) is 3.62. The van der Waals surface area contributed by atoms with E-state index < -0.39 is 0 Å². The molecule has 0 aliphatic carbocycles. The normalized spacial score (nSPS) is 11.9. The zero-order valence-electron chi connectivity index (χ0n) is 21.4. The summed E-state index contributed by atoms with van der Waals surface area (Å²) in [5, 5.41) is 55.8. The summed E-state index contributed by atoms with van der Waals surface area (Å²) < 4.78 is 24.0. The van der Waals surface area contributed by atoms with Crippen molar-refractivity contribution in [1.82, 2.24) is 82.5 Å². The Bertz CT molecular complexity index is 1000. The number of nitrogens with one attached hydrogen (secondary N) is 4. The molecular weight excluding hydrogens is 516 g/mol.